The van der Waals surface area contributed by atoms with Gasteiger partial charge in [-0.2, -0.15) is 0 Å². The summed E-state index contributed by atoms with van der Waals surface area (Å²) in [5.74, 6) is 0.661. The fourth-order valence-corrected chi connectivity index (χ4v) is 2.71. The zero-order valence-electron chi connectivity index (χ0n) is 11.6. The molecule has 3 nitrogen and oxygen atoms in total. The first kappa shape index (κ1) is 14.5. The predicted molar refractivity (Wildman–Crippen MR) is 71.7 cm³/mol. The van der Waals surface area contributed by atoms with Crippen LogP contribution in [0.1, 0.15) is 59.3 Å². The normalized spacial score (nSPS) is 23.6. The summed E-state index contributed by atoms with van der Waals surface area (Å²) in [5, 5.41) is 0. The van der Waals surface area contributed by atoms with Gasteiger partial charge >= 0.3 is 0 Å². The molecule has 0 aromatic heterocycles. The van der Waals surface area contributed by atoms with Crippen LogP contribution < -0.4 is 5.73 Å². The van der Waals surface area contributed by atoms with Crippen molar-refractivity contribution in [3.8, 4) is 0 Å². The maximum atomic E-state index is 12.4. The van der Waals surface area contributed by atoms with Crippen LogP contribution in [0.2, 0.25) is 0 Å². The van der Waals surface area contributed by atoms with Gasteiger partial charge in [0.1, 0.15) is 0 Å². The van der Waals surface area contributed by atoms with E-state index >= 15 is 0 Å². The molecule has 17 heavy (non-hydrogen) atoms. The molecule has 2 N–H and O–H groups in total. The van der Waals surface area contributed by atoms with Crippen molar-refractivity contribution in [2.75, 3.05) is 6.54 Å². The largest absolute Gasteiger partial charge is 0.338 e. The average Bonchev–Trinajstić information content (AvgIpc) is 2.51. The summed E-state index contributed by atoms with van der Waals surface area (Å²) in [4.78, 5) is 14.4. The van der Waals surface area contributed by atoms with Gasteiger partial charge in [-0.15, -0.1) is 0 Å². The molecule has 1 fully saturated rings. The second kappa shape index (κ2) is 7.00. The third kappa shape index (κ3) is 4.30. The number of nitrogens with two attached hydrogens (primary N) is 1. The monoisotopic (exact) mass is 240 g/mol. The minimum absolute atomic E-state index is 0.174. The number of hydrogen-bond acceptors (Lipinski definition) is 2. The van der Waals surface area contributed by atoms with Gasteiger partial charge < -0.3 is 10.6 Å². The molecule has 1 saturated heterocycles. The highest BCUT2D eigenvalue weighted by Crippen LogP contribution is 2.20. The van der Waals surface area contributed by atoms with Crippen molar-refractivity contribution in [3.63, 3.8) is 0 Å². The Labute approximate surface area is 106 Å². The topological polar surface area (TPSA) is 46.3 Å². The SMILES string of the molecule is CCC1CCCCCN1C(=O)[C@H](N)CC(C)C. The third-order valence-corrected chi connectivity index (χ3v) is 3.67. The van der Waals surface area contributed by atoms with Gasteiger partial charge in [0, 0.05) is 12.6 Å². The Hall–Kier alpha value is -0.570. The van der Waals surface area contributed by atoms with E-state index in [9.17, 15) is 4.79 Å². The molecule has 3 heteroatoms. The highest BCUT2D eigenvalue weighted by molar-refractivity contribution is 5.82. The number of carbonyl (C=O) groups is 1. The van der Waals surface area contributed by atoms with E-state index in [4.69, 9.17) is 5.73 Å². The van der Waals surface area contributed by atoms with Gasteiger partial charge in [0.2, 0.25) is 5.91 Å². The van der Waals surface area contributed by atoms with Crippen molar-refractivity contribution >= 4 is 5.91 Å². The molecule has 1 rings (SSSR count). The standard InChI is InChI=1S/C14H28N2O/c1-4-12-8-6-5-7-9-16(12)14(17)13(15)10-11(2)3/h11-13H,4-10,15H2,1-3H3/t12?,13-/m1/s1. The highest BCUT2D eigenvalue weighted by atomic mass is 16.2. The number of rotatable bonds is 4. The van der Waals surface area contributed by atoms with Gasteiger partial charge in [-0.05, 0) is 31.6 Å². The molecule has 0 spiro atoms. The molecular formula is C14H28N2O. The fraction of sp³-hybridized carbons (Fsp3) is 0.929. The molecule has 1 amide bonds. The maximum Gasteiger partial charge on any atom is 0.239 e. The Balaban J connectivity index is 2.63. The van der Waals surface area contributed by atoms with Crippen molar-refractivity contribution in [1.82, 2.24) is 4.90 Å². The van der Waals surface area contributed by atoms with Crippen molar-refractivity contribution in [1.29, 1.82) is 0 Å². The van der Waals surface area contributed by atoms with Crippen LogP contribution in [0.15, 0.2) is 0 Å². The molecule has 0 aromatic carbocycles. The van der Waals surface area contributed by atoms with Gasteiger partial charge in [-0.25, -0.2) is 0 Å². The van der Waals surface area contributed by atoms with Crippen LogP contribution in [-0.4, -0.2) is 29.4 Å². The molecule has 1 aliphatic rings. The summed E-state index contributed by atoms with van der Waals surface area (Å²) in [6.45, 7) is 7.31. The van der Waals surface area contributed by atoms with E-state index in [-0.39, 0.29) is 11.9 Å². The predicted octanol–water partition coefficient (Wildman–Crippen LogP) is 2.54. The Morgan fingerprint density at radius 2 is 2.06 bits per heavy atom. The van der Waals surface area contributed by atoms with Gasteiger partial charge in [0.25, 0.3) is 0 Å². The van der Waals surface area contributed by atoms with Crippen LogP contribution in [0.5, 0.6) is 0 Å². The minimum Gasteiger partial charge on any atom is -0.338 e. The van der Waals surface area contributed by atoms with E-state index in [1.54, 1.807) is 0 Å². The summed E-state index contributed by atoms with van der Waals surface area (Å²) in [7, 11) is 0. The lowest BCUT2D eigenvalue weighted by atomic mass is 10.0. The Morgan fingerprint density at radius 1 is 1.35 bits per heavy atom. The highest BCUT2D eigenvalue weighted by Gasteiger charge is 2.27. The van der Waals surface area contributed by atoms with Crippen molar-refractivity contribution < 1.29 is 4.79 Å². The molecule has 1 unspecified atom stereocenters. The van der Waals surface area contributed by atoms with Gasteiger partial charge in [0.15, 0.2) is 0 Å². The molecular weight excluding hydrogens is 212 g/mol. The Morgan fingerprint density at radius 3 is 2.65 bits per heavy atom. The number of hydrogen-bond donors (Lipinski definition) is 1. The molecule has 0 saturated carbocycles. The first-order valence-corrected chi connectivity index (χ1v) is 7.12. The summed E-state index contributed by atoms with van der Waals surface area (Å²) in [5.41, 5.74) is 6.03. The summed E-state index contributed by atoms with van der Waals surface area (Å²) in [6, 6.07) is 0.116. The van der Waals surface area contributed by atoms with Crippen molar-refractivity contribution in [3.05, 3.63) is 0 Å². The van der Waals surface area contributed by atoms with E-state index < -0.39 is 0 Å². The van der Waals surface area contributed by atoms with Gasteiger partial charge in [0.05, 0.1) is 6.04 Å². The Kier molecular flexibility index (Phi) is 5.96. The molecule has 0 bridgehead atoms. The third-order valence-electron chi connectivity index (χ3n) is 3.67. The molecule has 1 heterocycles. The van der Waals surface area contributed by atoms with Crippen molar-refractivity contribution in [2.45, 2.75) is 71.4 Å². The lowest BCUT2D eigenvalue weighted by molar-refractivity contribution is -0.135. The smallest absolute Gasteiger partial charge is 0.239 e. The molecule has 2 atom stereocenters. The van der Waals surface area contributed by atoms with Gasteiger partial charge in [-0.3, -0.25) is 4.79 Å². The van der Waals surface area contributed by atoms with Gasteiger partial charge in [-0.1, -0.05) is 33.6 Å². The van der Waals surface area contributed by atoms with Crippen LogP contribution in [-0.2, 0) is 4.79 Å². The second-order valence-electron chi connectivity index (χ2n) is 5.68. The first-order valence-electron chi connectivity index (χ1n) is 7.12. The zero-order chi connectivity index (χ0) is 12.8. The average molecular weight is 240 g/mol. The number of amides is 1. The number of likely N-dealkylation sites (tertiary alicyclic amines) is 1. The summed E-state index contributed by atoms with van der Waals surface area (Å²) < 4.78 is 0. The molecule has 0 aromatic rings. The van der Waals surface area contributed by atoms with Crippen LogP contribution >= 0.6 is 0 Å². The molecule has 0 aliphatic carbocycles. The Bertz CT molecular complexity index is 240. The first-order chi connectivity index (χ1) is 8.06. The van der Waals surface area contributed by atoms with Crippen LogP contribution in [0.3, 0.4) is 0 Å². The van der Waals surface area contributed by atoms with E-state index in [0.29, 0.717) is 12.0 Å². The minimum atomic E-state index is -0.304. The summed E-state index contributed by atoms with van der Waals surface area (Å²) >= 11 is 0. The second-order valence-corrected chi connectivity index (χ2v) is 5.68. The fourth-order valence-electron chi connectivity index (χ4n) is 2.71. The maximum absolute atomic E-state index is 12.4. The molecule has 1 aliphatic heterocycles. The quantitative estimate of drug-likeness (QED) is 0.821. The van der Waals surface area contributed by atoms with E-state index in [2.05, 4.69) is 25.7 Å². The van der Waals surface area contributed by atoms with E-state index in [1.165, 1.54) is 12.8 Å². The van der Waals surface area contributed by atoms with Crippen LogP contribution in [0.4, 0.5) is 0 Å². The van der Waals surface area contributed by atoms with E-state index in [0.717, 1.165) is 32.2 Å². The zero-order valence-corrected chi connectivity index (χ0v) is 11.6. The number of nitrogens with zero attached hydrogens (tertiary/aromatic N) is 1. The van der Waals surface area contributed by atoms with Crippen LogP contribution in [0.25, 0.3) is 0 Å². The van der Waals surface area contributed by atoms with E-state index in [1.807, 2.05) is 0 Å². The molecule has 0 radical (unpaired) electrons. The lowest BCUT2D eigenvalue weighted by Gasteiger charge is -2.32. The molecule has 100 valence electrons. The lowest BCUT2D eigenvalue weighted by Crippen LogP contribution is -2.48. The van der Waals surface area contributed by atoms with Crippen molar-refractivity contribution in [2.24, 2.45) is 11.7 Å². The number of carbonyl (C=O) groups excluding carboxylic acids is 1. The summed E-state index contributed by atoms with van der Waals surface area (Å²) in [6.07, 6.45) is 6.64. The van der Waals surface area contributed by atoms with Crippen LogP contribution in [0, 0.1) is 5.92 Å².